The molecule has 1 unspecified atom stereocenters. The van der Waals surface area contributed by atoms with Crippen molar-refractivity contribution in [3.05, 3.63) is 65.5 Å². The first kappa shape index (κ1) is 28.7. The quantitative estimate of drug-likeness (QED) is 0.245. The van der Waals surface area contributed by atoms with Crippen LogP contribution in [0.15, 0.2) is 48.5 Å². The van der Waals surface area contributed by atoms with Crippen molar-refractivity contribution in [1.82, 2.24) is 30.9 Å². The Morgan fingerprint density at radius 1 is 1.10 bits per heavy atom. The fourth-order valence-electron chi connectivity index (χ4n) is 4.97. The average Bonchev–Trinajstić information content (AvgIpc) is 3.54. The number of carbonyl (C=O) groups is 2. The molecule has 2 aromatic carbocycles. The van der Waals surface area contributed by atoms with Gasteiger partial charge < -0.3 is 5.32 Å². The lowest BCUT2D eigenvalue weighted by molar-refractivity contribution is -0.115. The zero-order valence-corrected chi connectivity index (χ0v) is 24.9. The third kappa shape index (κ3) is 6.71. The monoisotopic (exact) mass is 579 g/mol. The normalized spacial score (nSPS) is 18.1. The number of hydrazine groups is 1. The zero-order chi connectivity index (χ0) is 28.1. The second kappa shape index (κ2) is 13.2. The van der Waals surface area contributed by atoms with Crippen molar-refractivity contribution < 1.29 is 9.59 Å². The summed E-state index contributed by atoms with van der Waals surface area (Å²) in [6.45, 7) is 5.00. The van der Waals surface area contributed by atoms with Gasteiger partial charge in [0.1, 0.15) is 5.50 Å². The molecule has 212 valence electrons. The van der Waals surface area contributed by atoms with Crippen LogP contribution in [0.25, 0.3) is 11.4 Å². The molecule has 5 rings (SSSR count). The van der Waals surface area contributed by atoms with Crippen LogP contribution in [0.2, 0.25) is 0 Å². The molecule has 0 radical (unpaired) electrons. The van der Waals surface area contributed by atoms with Crippen LogP contribution in [-0.4, -0.2) is 61.9 Å². The molecule has 0 aliphatic carbocycles. The van der Waals surface area contributed by atoms with Gasteiger partial charge in [-0.15, -0.1) is 11.8 Å². The molecule has 1 aromatic heterocycles. The Kier molecular flexibility index (Phi) is 9.46. The summed E-state index contributed by atoms with van der Waals surface area (Å²) in [7, 11) is 1.76. The summed E-state index contributed by atoms with van der Waals surface area (Å²) in [4.78, 5) is 31.9. The van der Waals surface area contributed by atoms with Gasteiger partial charge in [-0.3, -0.25) is 19.9 Å². The lowest BCUT2D eigenvalue weighted by atomic mass is 10.0. The molecule has 0 bridgehead atoms. The standard InChI is InChI=1S/C29H37N7O2S2/c1-19(2)23-6-4-5-7-24(23)36-25(37)18-40-29(36)33-30-15-12-20-8-10-21(11-9-20)26-32-27(35(3)34-26)28(38)31-22-13-16-39-17-14-22/h4-11,19,22,29-30,33H,12-18H2,1-3H3,(H,31,38). The molecule has 9 nitrogen and oxygen atoms in total. The molecule has 11 heteroatoms. The number of aromatic nitrogens is 3. The Bertz CT molecular complexity index is 1320. The molecule has 2 aliphatic heterocycles. The zero-order valence-electron chi connectivity index (χ0n) is 23.2. The van der Waals surface area contributed by atoms with Crippen LogP contribution in [0.1, 0.15) is 54.4 Å². The number of rotatable bonds is 10. The molecule has 0 saturated carbocycles. The number of anilines is 1. The number of nitrogens with one attached hydrogen (secondary N) is 3. The van der Waals surface area contributed by atoms with Crippen LogP contribution in [-0.2, 0) is 18.3 Å². The van der Waals surface area contributed by atoms with Crippen LogP contribution >= 0.6 is 23.5 Å². The number of aryl methyl sites for hydroxylation is 1. The number of benzene rings is 2. The maximum Gasteiger partial charge on any atom is 0.289 e. The van der Waals surface area contributed by atoms with E-state index in [9.17, 15) is 9.59 Å². The first-order chi connectivity index (χ1) is 19.4. The number of hydrogen-bond donors (Lipinski definition) is 3. The Hall–Kier alpha value is -2.86. The summed E-state index contributed by atoms with van der Waals surface area (Å²) in [6, 6.07) is 16.4. The molecule has 1 atom stereocenters. The van der Waals surface area contributed by atoms with Gasteiger partial charge in [0.05, 0.1) is 5.75 Å². The van der Waals surface area contributed by atoms with E-state index in [-0.39, 0.29) is 23.4 Å². The van der Waals surface area contributed by atoms with E-state index < -0.39 is 0 Å². The minimum atomic E-state index is -0.165. The van der Waals surface area contributed by atoms with Gasteiger partial charge in [0, 0.05) is 30.9 Å². The fourth-order valence-corrected chi connectivity index (χ4v) is 7.06. The minimum Gasteiger partial charge on any atom is -0.347 e. The van der Waals surface area contributed by atoms with E-state index in [4.69, 9.17) is 0 Å². The van der Waals surface area contributed by atoms with Gasteiger partial charge in [0.15, 0.2) is 5.82 Å². The number of carbonyl (C=O) groups excluding carboxylic acids is 2. The molecule has 40 heavy (non-hydrogen) atoms. The molecular weight excluding hydrogens is 543 g/mol. The number of amides is 2. The van der Waals surface area contributed by atoms with Crippen molar-refractivity contribution in [3.63, 3.8) is 0 Å². The summed E-state index contributed by atoms with van der Waals surface area (Å²) in [5, 5.41) is 7.59. The third-order valence-corrected chi connectivity index (χ3v) is 9.29. The largest absolute Gasteiger partial charge is 0.347 e. The van der Waals surface area contributed by atoms with Crippen LogP contribution < -0.4 is 21.1 Å². The predicted octanol–water partition coefficient (Wildman–Crippen LogP) is 3.93. The Balaban J connectivity index is 1.13. The molecule has 2 amide bonds. The van der Waals surface area contributed by atoms with Gasteiger partial charge in [-0.05, 0) is 53.9 Å². The van der Waals surface area contributed by atoms with Gasteiger partial charge in [-0.25, -0.2) is 15.1 Å². The molecule has 3 N–H and O–H groups in total. The number of para-hydroxylation sites is 1. The van der Waals surface area contributed by atoms with Gasteiger partial charge >= 0.3 is 0 Å². The summed E-state index contributed by atoms with van der Waals surface area (Å²) >= 11 is 3.52. The van der Waals surface area contributed by atoms with Crippen molar-refractivity contribution in [2.45, 2.75) is 50.6 Å². The predicted molar refractivity (Wildman–Crippen MR) is 163 cm³/mol. The lowest BCUT2D eigenvalue weighted by Crippen LogP contribution is -2.49. The Morgan fingerprint density at radius 3 is 2.60 bits per heavy atom. The van der Waals surface area contributed by atoms with Crippen LogP contribution in [0.5, 0.6) is 0 Å². The Labute approximate surface area is 244 Å². The molecule has 0 spiro atoms. The highest BCUT2D eigenvalue weighted by Crippen LogP contribution is 2.34. The maximum atomic E-state index is 12.8. The van der Waals surface area contributed by atoms with Crippen LogP contribution in [0, 0.1) is 0 Å². The maximum absolute atomic E-state index is 12.8. The molecule has 3 heterocycles. The average molecular weight is 580 g/mol. The van der Waals surface area contributed by atoms with E-state index in [2.05, 4.69) is 58.3 Å². The molecule has 2 fully saturated rings. The fraction of sp³-hybridized carbons (Fsp3) is 0.448. The van der Waals surface area contributed by atoms with Crippen molar-refractivity contribution in [1.29, 1.82) is 0 Å². The van der Waals surface area contributed by atoms with E-state index in [1.165, 1.54) is 11.1 Å². The molecule has 3 aromatic rings. The summed E-state index contributed by atoms with van der Waals surface area (Å²) in [5.74, 6) is 3.78. The first-order valence-electron chi connectivity index (χ1n) is 13.8. The summed E-state index contributed by atoms with van der Waals surface area (Å²) in [6.07, 6.45) is 2.80. The van der Waals surface area contributed by atoms with E-state index in [0.29, 0.717) is 29.9 Å². The van der Waals surface area contributed by atoms with Gasteiger partial charge in [-0.2, -0.15) is 16.9 Å². The molecule has 2 saturated heterocycles. The van der Waals surface area contributed by atoms with Gasteiger partial charge in [0.2, 0.25) is 11.7 Å². The second-order valence-corrected chi connectivity index (χ2v) is 12.7. The summed E-state index contributed by atoms with van der Waals surface area (Å²) < 4.78 is 1.56. The number of thioether (sulfide) groups is 2. The van der Waals surface area contributed by atoms with Crippen molar-refractivity contribution in [2.75, 3.05) is 28.7 Å². The van der Waals surface area contributed by atoms with E-state index in [0.717, 1.165) is 42.0 Å². The van der Waals surface area contributed by atoms with Crippen LogP contribution in [0.4, 0.5) is 5.69 Å². The van der Waals surface area contributed by atoms with Gasteiger partial charge in [-0.1, -0.05) is 56.3 Å². The highest BCUT2D eigenvalue weighted by atomic mass is 32.2. The summed E-state index contributed by atoms with van der Waals surface area (Å²) in [5.41, 5.74) is 10.7. The second-order valence-electron chi connectivity index (χ2n) is 10.4. The van der Waals surface area contributed by atoms with E-state index in [1.807, 2.05) is 47.0 Å². The highest BCUT2D eigenvalue weighted by Gasteiger charge is 2.34. The van der Waals surface area contributed by atoms with E-state index >= 15 is 0 Å². The van der Waals surface area contributed by atoms with Crippen molar-refractivity contribution in [2.24, 2.45) is 7.05 Å². The minimum absolute atomic E-state index is 0.116. The van der Waals surface area contributed by atoms with Gasteiger partial charge in [0.25, 0.3) is 5.91 Å². The lowest BCUT2D eigenvalue weighted by Gasteiger charge is -2.28. The molecule has 2 aliphatic rings. The van der Waals surface area contributed by atoms with Crippen molar-refractivity contribution in [3.8, 4) is 11.4 Å². The first-order valence-corrected chi connectivity index (χ1v) is 16.0. The van der Waals surface area contributed by atoms with E-state index in [1.54, 1.807) is 23.5 Å². The highest BCUT2D eigenvalue weighted by molar-refractivity contribution is 8.01. The smallest absolute Gasteiger partial charge is 0.289 e. The van der Waals surface area contributed by atoms with Crippen LogP contribution in [0.3, 0.4) is 0 Å². The third-order valence-electron chi connectivity index (χ3n) is 7.19. The molecular formula is C29H37N7O2S2. The Morgan fingerprint density at radius 2 is 1.85 bits per heavy atom. The topological polar surface area (TPSA) is 104 Å². The number of hydrogen-bond acceptors (Lipinski definition) is 8. The SMILES string of the molecule is CC(C)c1ccccc1N1C(=O)CSC1NNCCc1ccc(-c2nc(C(=O)NC3CCSCC3)n(C)n2)cc1. The number of nitrogens with zero attached hydrogens (tertiary/aromatic N) is 4. The van der Waals surface area contributed by atoms with Crippen molar-refractivity contribution >= 4 is 41.0 Å².